The van der Waals surface area contributed by atoms with Crippen LogP contribution in [0.5, 0.6) is 0 Å². The van der Waals surface area contributed by atoms with E-state index in [-0.39, 0.29) is 12.0 Å². The number of likely N-dealkylation sites (tertiary alicyclic amines) is 1. The van der Waals surface area contributed by atoms with Crippen molar-refractivity contribution in [2.24, 2.45) is 5.92 Å². The molecule has 0 aliphatic carbocycles. The number of carbonyl (C=O) groups excluding carboxylic acids is 1. The molecule has 0 aromatic carbocycles. The summed E-state index contributed by atoms with van der Waals surface area (Å²) in [6.45, 7) is 4.14. The van der Waals surface area contributed by atoms with Crippen molar-refractivity contribution in [2.45, 2.75) is 44.8 Å². The number of piperidine rings is 1. The molecule has 0 radical (unpaired) electrons. The lowest BCUT2D eigenvalue weighted by atomic mass is 9.96. The second-order valence-corrected chi connectivity index (χ2v) is 7.77. The first-order valence-electron chi connectivity index (χ1n) is 10.4. The smallest absolute Gasteiger partial charge is 0.255 e. The van der Waals surface area contributed by atoms with Gasteiger partial charge in [0.2, 0.25) is 0 Å². The minimum Gasteiger partial charge on any atom is -0.376 e. The van der Waals surface area contributed by atoms with Crippen LogP contribution in [0.4, 0.5) is 5.82 Å². The Labute approximate surface area is 166 Å². The monoisotopic (exact) mass is 383 g/mol. The van der Waals surface area contributed by atoms with E-state index in [0.717, 1.165) is 64.3 Å². The van der Waals surface area contributed by atoms with E-state index >= 15 is 0 Å². The third kappa shape index (κ3) is 4.90. The molecule has 0 spiro atoms. The first-order valence-corrected chi connectivity index (χ1v) is 10.4. The van der Waals surface area contributed by atoms with E-state index in [1.807, 2.05) is 40.2 Å². The van der Waals surface area contributed by atoms with Crippen LogP contribution in [0.1, 0.15) is 42.5 Å². The number of nitrogens with zero attached hydrogens (tertiary/aromatic N) is 4. The standard InChI is InChI=1S/C21H29N5O2/c27-21(25-11-7-17(8-12-25)16-26-10-3-9-24-26)18-5-6-20(22-14-18)23-15-19-4-1-2-13-28-19/h3,5-6,9-10,14,17,19H,1-2,4,7-8,11-13,15-16H2,(H,22,23)/t19-/m1/s1. The number of carbonyl (C=O) groups is 1. The maximum Gasteiger partial charge on any atom is 0.255 e. The van der Waals surface area contributed by atoms with Crippen molar-refractivity contribution in [3.8, 4) is 0 Å². The number of amides is 1. The Balaban J connectivity index is 1.24. The summed E-state index contributed by atoms with van der Waals surface area (Å²) in [4.78, 5) is 19.1. The van der Waals surface area contributed by atoms with Crippen molar-refractivity contribution in [2.75, 3.05) is 31.6 Å². The Bertz CT molecular complexity index is 733. The van der Waals surface area contributed by atoms with Crippen LogP contribution in [0.15, 0.2) is 36.8 Å². The molecule has 1 amide bonds. The third-order valence-electron chi connectivity index (χ3n) is 5.70. The molecule has 2 aliphatic heterocycles. The Morgan fingerprint density at radius 1 is 1.21 bits per heavy atom. The molecule has 150 valence electrons. The molecule has 7 heteroatoms. The molecule has 2 saturated heterocycles. The van der Waals surface area contributed by atoms with Gasteiger partial charge in [-0.3, -0.25) is 9.48 Å². The van der Waals surface area contributed by atoms with Crippen molar-refractivity contribution in [3.05, 3.63) is 42.4 Å². The maximum atomic E-state index is 12.8. The Morgan fingerprint density at radius 2 is 2.11 bits per heavy atom. The lowest BCUT2D eigenvalue weighted by molar-refractivity contribution is 0.0247. The number of anilines is 1. The van der Waals surface area contributed by atoms with Gasteiger partial charge < -0.3 is 15.0 Å². The molecule has 2 aromatic rings. The number of rotatable bonds is 6. The van der Waals surface area contributed by atoms with Crippen LogP contribution in [-0.2, 0) is 11.3 Å². The zero-order valence-electron chi connectivity index (χ0n) is 16.3. The lowest BCUT2D eigenvalue weighted by Crippen LogP contribution is -2.39. The fraction of sp³-hybridized carbons (Fsp3) is 0.571. The zero-order chi connectivity index (χ0) is 19.2. The van der Waals surface area contributed by atoms with Crippen molar-refractivity contribution in [1.29, 1.82) is 0 Å². The van der Waals surface area contributed by atoms with E-state index in [9.17, 15) is 4.79 Å². The Kier molecular flexibility index (Phi) is 6.21. The zero-order valence-corrected chi connectivity index (χ0v) is 16.3. The molecule has 1 atom stereocenters. The van der Waals surface area contributed by atoms with Crippen LogP contribution in [0, 0.1) is 5.92 Å². The highest BCUT2D eigenvalue weighted by molar-refractivity contribution is 5.94. The van der Waals surface area contributed by atoms with Crippen LogP contribution in [0.25, 0.3) is 0 Å². The van der Waals surface area contributed by atoms with Crippen LogP contribution in [-0.4, -0.2) is 57.9 Å². The number of ether oxygens (including phenoxy) is 1. The van der Waals surface area contributed by atoms with Gasteiger partial charge in [-0.25, -0.2) is 4.98 Å². The van der Waals surface area contributed by atoms with E-state index in [4.69, 9.17) is 4.74 Å². The average Bonchev–Trinajstić information content (AvgIpc) is 3.26. The summed E-state index contributed by atoms with van der Waals surface area (Å²) in [6.07, 6.45) is 11.3. The van der Waals surface area contributed by atoms with Gasteiger partial charge in [0.05, 0.1) is 11.7 Å². The highest BCUT2D eigenvalue weighted by Gasteiger charge is 2.24. The number of hydrogen-bond acceptors (Lipinski definition) is 5. The molecule has 0 saturated carbocycles. The SMILES string of the molecule is O=C(c1ccc(NC[C@H]2CCCCO2)nc1)N1CCC(Cn2cccn2)CC1. The third-order valence-corrected chi connectivity index (χ3v) is 5.70. The summed E-state index contributed by atoms with van der Waals surface area (Å²) in [5.74, 6) is 1.45. The summed E-state index contributed by atoms with van der Waals surface area (Å²) in [5, 5.41) is 7.60. The summed E-state index contributed by atoms with van der Waals surface area (Å²) >= 11 is 0. The summed E-state index contributed by atoms with van der Waals surface area (Å²) in [5.41, 5.74) is 0.657. The van der Waals surface area contributed by atoms with Crippen molar-refractivity contribution in [1.82, 2.24) is 19.7 Å². The predicted octanol–water partition coefficient (Wildman–Crippen LogP) is 2.81. The molecule has 1 N–H and O–H groups in total. The fourth-order valence-corrected chi connectivity index (χ4v) is 3.99. The van der Waals surface area contributed by atoms with Crippen LogP contribution < -0.4 is 5.32 Å². The molecule has 2 aromatic heterocycles. The molecule has 0 unspecified atom stereocenters. The van der Waals surface area contributed by atoms with Crippen LogP contribution in [0.3, 0.4) is 0 Å². The van der Waals surface area contributed by atoms with Crippen LogP contribution >= 0.6 is 0 Å². The fourth-order valence-electron chi connectivity index (χ4n) is 3.99. The largest absolute Gasteiger partial charge is 0.376 e. The van der Waals surface area contributed by atoms with Crippen molar-refractivity contribution < 1.29 is 9.53 Å². The lowest BCUT2D eigenvalue weighted by Gasteiger charge is -2.32. The second kappa shape index (κ2) is 9.19. The normalized spacial score (nSPS) is 20.9. The van der Waals surface area contributed by atoms with Gasteiger partial charge in [0.15, 0.2) is 0 Å². The first kappa shape index (κ1) is 18.9. The molecule has 28 heavy (non-hydrogen) atoms. The van der Waals surface area contributed by atoms with Gasteiger partial charge in [0.25, 0.3) is 5.91 Å². The molecule has 2 aliphatic rings. The summed E-state index contributed by atoms with van der Waals surface area (Å²) in [6, 6.07) is 5.71. The maximum absolute atomic E-state index is 12.8. The molecule has 7 nitrogen and oxygen atoms in total. The van der Waals surface area contributed by atoms with E-state index < -0.39 is 0 Å². The molecule has 4 heterocycles. The molecule has 2 fully saturated rings. The van der Waals surface area contributed by atoms with E-state index in [2.05, 4.69) is 15.4 Å². The van der Waals surface area contributed by atoms with Gasteiger partial charge in [0, 0.05) is 51.4 Å². The van der Waals surface area contributed by atoms with Gasteiger partial charge in [-0.1, -0.05) is 0 Å². The van der Waals surface area contributed by atoms with Crippen molar-refractivity contribution >= 4 is 11.7 Å². The van der Waals surface area contributed by atoms with Crippen molar-refractivity contribution in [3.63, 3.8) is 0 Å². The molecule has 4 rings (SSSR count). The highest BCUT2D eigenvalue weighted by Crippen LogP contribution is 2.21. The van der Waals surface area contributed by atoms with E-state index in [1.165, 1.54) is 6.42 Å². The van der Waals surface area contributed by atoms with Crippen LogP contribution in [0.2, 0.25) is 0 Å². The highest BCUT2D eigenvalue weighted by atomic mass is 16.5. The first-order chi connectivity index (χ1) is 13.8. The second-order valence-electron chi connectivity index (χ2n) is 7.77. The number of nitrogens with one attached hydrogen (secondary N) is 1. The van der Waals surface area contributed by atoms with Gasteiger partial charge in [-0.05, 0) is 56.2 Å². The number of aromatic nitrogens is 3. The van der Waals surface area contributed by atoms with Gasteiger partial charge in [0.1, 0.15) is 5.82 Å². The molecular weight excluding hydrogens is 354 g/mol. The predicted molar refractivity (Wildman–Crippen MR) is 107 cm³/mol. The number of hydrogen-bond donors (Lipinski definition) is 1. The average molecular weight is 383 g/mol. The van der Waals surface area contributed by atoms with Gasteiger partial charge in [-0.15, -0.1) is 0 Å². The molecular formula is C21H29N5O2. The Morgan fingerprint density at radius 3 is 2.79 bits per heavy atom. The minimum absolute atomic E-state index is 0.0761. The summed E-state index contributed by atoms with van der Waals surface area (Å²) < 4.78 is 7.71. The van der Waals surface area contributed by atoms with E-state index in [1.54, 1.807) is 6.20 Å². The number of pyridine rings is 1. The summed E-state index contributed by atoms with van der Waals surface area (Å²) in [7, 11) is 0. The topological polar surface area (TPSA) is 72.3 Å². The van der Waals surface area contributed by atoms with Gasteiger partial charge >= 0.3 is 0 Å². The molecule has 0 bridgehead atoms. The minimum atomic E-state index is 0.0761. The Hall–Kier alpha value is -2.41. The van der Waals surface area contributed by atoms with Gasteiger partial charge in [-0.2, -0.15) is 5.10 Å². The van der Waals surface area contributed by atoms with E-state index in [0.29, 0.717) is 11.5 Å². The quantitative estimate of drug-likeness (QED) is 0.830.